The molecule has 1 saturated carbocycles. The van der Waals surface area contributed by atoms with E-state index in [1.54, 1.807) is 0 Å². The van der Waals surface area contributed by atoms with E-state index in [9.17, 15) is 4.79 Å². The molecule has 0 spiro atoms. The number of likely N-dealkylation sites (tertiary alicyclic amines) is 1. The molecule has 0 bridgehead atoms. The fourth-order valence-corrected chi connectivity index (χ4v) is 4.18. The lowest BCUT2D eigenvalue weighted by atomic mass is 9.92. The van der Waals surface area contributed by atoms with E-state index in [1.165, 1.54) is 45.1 Å². The second-order valence-corrected chi connectivity index (χ2v) is 7.58. The number of nitrogens with zero attached hydrogens (tertiary/aromatic N) is 3. The second kappa shape index (κ2) is 8.11. The topological polar surface area (TPSA) is 57.1 Å². The first-order valence-electron chi connectivity index (χ1n) is 9.62. The maximum Gasteiger partial charge on any atom is 0.220 e. The summed E-state index contributed by atoms with van der Waals surface area (Å²) in [6.45, 7) is 2.22. The van der Waals surface area contributed by atoms with Gasteiger partial charge in [-0.25, -0.2) is 0 Å². The van der Waals surface area contributed by atoms with E-state index >= 15 is 0 Å². The Morgan fingerprint density at radius 1 is 1.17 bits per heavy atom. The maximum absolute atomic E-state index is 12.3. The Balaban J connectivity index is 1.38. The molecule has 2 fully saturated rings. The number of hydrogen-bond donors (Lipinski definition) is 1. The van der Waals surface area contributed by atoms with E-state index in [4.69, 9.17) is 6.42 Å². The van der Waals surface area contributed by atoms with Crippen LogP contribution < -0.4 is 5.32 Å². The molecule has 1 atom stereocenters. The SMILES string of the molecule is C#CCCC1(CCC(=O)NC2CCCN(C3CCCCC3)C2)N=N1. The Morgan fingerprint density at radius 3 is 2.67 bits per heavy atom. The molecule has 0 aromatic heterocycles. The Labute approximate surface area is 145 Å². The Morgan fingerprint density at radius 2 is 1.96 bits per heavy atom. The molecule has 24 heavy (non-hydrogen) atoms. The molecular formula is C19H30N4O. The summed E-state index contributed by atoms with van der Waals surface area (Å²) >= 11 is 0. The summed E-state index contributed by atoms with van der Waals surface area (Å²) in [5, 5.41) is 11.4. The van der Waals surface area contributed by atoms with Crippen LogP contribution in [0.5, 0.6) is 0 Å². The highest BCUT2D eigenvalue weighted by Crippen LogP contribution is 2.37. The predicted octanol–water partition coefficient (Wildman–Crippen LogP) is 3.26. The van der Waals surface area contributed by atoms with Gasteiger partial charge in [0.15, 0.2) is 5.66 Å². The number of piperidine rings is 1. The molecule has 3 rings (SSSR count). The van der Waals surface area contributed by atoms with Gasteiger partial charge in [0.2, 0.25) is 5.91 Å². The number of hydrogen-bond acceptors (Lipinski definition) is 4. The Kier molecular flexibility index (Phi) is 5.89. The van der Waals surface area contributed by atoms with Crippen LogP contribution >= 0.6 is 0 Å². The second-order valence-electron chi connectivity index (χ2n) is 7.58. The van der Waals surface area contributed by atoms with E-state index in [2.05, 4.69) is 26.4 Å². The van der Waals surface area contributed by atoms with E-state index in [1.807, 2.05) is 0 Å². The first-order valence-corrected chi connectivity index (χ1v) is 9.62. The number of amides is 1. The van der Waals surface area contributed by atoms with Crippen LogP contribution in [-0.4, -0.2) is 41.6 Å². The van der Waals surface area contributed by atoms with Crippen LogP contribution in [0.3, 0.4) is 0 Å². The van der Waals surface area contributed by atoms with E-state index in [0.29, 0.717) is 25.3 Å². The molecule has 5 nitrogen and oxygen atoms in total. The summed E-state index contributed by atoms with van der Waals surface area (Å²) < 4.78 is 0. The van der Waals surface area contributed by atoms with E-state index in [0.717, 1.165) is 25.4 Å². The summed E-state index contributed by atoms with van der Waals surface area (Å²) in [6, 6.07) is 1.05. The van der Waals surface area contributed by atoms with E-state index in [-0.39, 0.29) is 11.6 Å². The predicted molar refractivity (Wildman–Crippen MR) is 94.5 cm³/mol. The van der Waals surface area contributed by atoms with Crippen LogP contribution in [0, 0.1) is 12.3 Å². The average Bonchev–Trinajstić information content (AvgIpc) is 3.40. The minimum atomic E-state index is -0.343. The van der Waals surface area contributed by atoms with Gasteiger partial charge in [0.25, 0.3) is 0 Å². The largest absolute Gasteiger partial charge is 0.352 e. The number of carbonyl (C=O) groups excluding carboxylic acids is 1. The van der Waals surface area contributed by atoms with Crippen molar-refractivity contribution in [1.29, 1.82) is 0 Å². The summed E-state index contributed by atoms with van der Waals surface area (Å²) in [6.07, 6.45) is 17.0. The number of carbonyl (C=O) groups is 1. The highest BCUT2D eigenvalue weighted by atomic mass is 16.1. The molecule has 2 aliphatic heterocycles. The van der Waals surface area contributed by atoms with Crippen molar-refractivity contribution < 1.29 is 4.79 Å². The standard InChI is InChI=1S/C19H30N4O/c1-2-3-12-19(21-22-19)13-11-18(24)20-16-8-7-14-23(15-16)17-9-5-4-6-10-17/h1,16-17H,3-15H2,(H,20,24). The van der Waals surface area contributed by atoms with Crippen LogP contribution in [-0.2, 0) is 4.79 Å². The van der Waals surface area contributed by atoms with Gasteiger partial charge < -0.3 is 5.32 Å². The first-order chi connectivity index (χ1) is 11.7. The highest BCUT2D eigenvalue weighted by molar-refractivity contribution is 5.76. The highest BCUT2D eigenvalue weighted by Gasteiger charge is 2.39. The van der Waals surface area contributed by atoms with Gasteiger partial charge in [-0.2, -0.15) is 10.2 Å². The van der Waals surface area contributed by atoms with Crippen LogP contribution in [0.1, 0.15) is 70.6 Å². The zero-order valence-electron chi connectivity index (χ0n) is 14.7. The van der Waals surface area contributed by atoms with Crippen molar-refractivity contribution >= 4 is 5.91 Å². The van der Waals surface area contributed by atoms with Crippen molar-refractivity contribution in [2.75, 3.05) is 13.1 Å². The van der Waals surface area contributed by atoms with Gasteiger partial charge in [-0.1, -0.05) is 19.3 Å². The fraction of sp³-hybridized carbons (Fsp3) is 0.842. The molecule has 1 unspecified atom stereocenters. The van der Waals surface area contributed by atoms with Crippen LogP contribution in [0.15, 0.2) is 10.2 Å². The van der Waals surface area contributed by atoms with Crippen molar-refractivity contribution in [3.8, 4) is 12.3 Å². The summed E-state index contributed by atoms with van der Waals surface area (Å²) in [4.78, 5) is 14.9. The molecule has 1 aliphatic carbocycles. The Bertz CT molecular complexity index is 498. The lowest BCUT2D eigenvalue weighted by Crippen LogP contribution is -2.51. The van der Waals surface area contributed by atoms with Crippen molar-refractivity contribution in [2.45, 2.75) is 88.4 Å². The Hall–Kier alpha value is -1.41. The molecule has 0 radical (unpaired) electrons. The zero-order valence-corrected chi connectivity index (χ0v) is 14.7. The molecule has 2 heterocycles. The lowest BCUT2D eigenvalue weighted by Gasteiger charge is -2.40. The average molecular weight is 330 g/mol. The van der Waals surface area contributed by atoms with Gasteiger partial charge in [-0.3, -0.25) is 9.69 Å². The normalized spacial score (nSPS) is 26.7. The molecule has 1 N–H and O–H groups in total. The quantitative estimate of drug-likeness (QED) is 0.729. The first kappa shape index (κ1) is 17.4. The van der Waals surface area contributed by atoms with Gasteiger partial charge >= 0.3 is 0 Å². The minimum absolute atomic E-state index is 0.142. The smallest absolute Gasteiger partial charge is 0.220 e. The van der Waals surface area contributed by atoms with Gasteiger partial charge in [-0.15, -0.1) is 12.3 Å². The molecular weight excluding hydrogens is 300 g/mol. The molecule has 132 valence electrons. The molecule has 0 aromatic carbocycles. The number of rotatable bonds is 7. The fourth-order valence-electron chi connectivity index (χ4n) is 4.18. The van der Waals surface area contributed by atoms with Crippen molar-refractivity contribution in [2.24, 2.45) is 10.2 Å². The van der Waals surface area contributed by atoms with Crippen LogP contribution in [0.2, 0.25) is 0 Å². The third-order valence-electron chi connectivity index (χ3n) is 5.71. The van der Waals surface area contributed by atoms with Gasteiger partial charge in [0.05, 0.1) is 0 Å². The van der Waals surface area contributed by atoms with Gasteiger partial charge in [0, 0.05) is 44.3 Å². The monoisotopic (exact) mass is 330 g/mol. The zero-order chi connectivity index (χ0) is 16.8. The lowest BCUT2D eigenvalue weighted by molar-refractivity contribution is -0.122. The summed E-state index contributed by atoms with van der Waals surface area (Å²) in [5.41, 5.74) is -0.343. The number of terminal acetylenes is 1. The van der Waals surface area contributed by atoms with Gasteiger partial charge in [-0.05, 0) is 32.2 Å². The van der Waals surface area contributed by atoms with Crippen molar-refractivity contribution in [3.63, 3.8) is 0 Å². The molecule has 3 aliphatic rings. The number of nitrogens with one attached hydrogen (secondary N) is 1. The molecule has 1 amide bonds. The van der Waals surface area contributed by atoms with E-state index < -0.39 is 0 Å². The molecule has 1 saturated heterocycles. The maximum atomic E-state index is 12.3. The minimum Gasteiger partial charge on any atom is -0.352 e. The van der Waals surface area contributed by atoms with Crippen LogP contribution in [0.25, 0.3) is 0 Å². The van der Waals surface area contributed by atoms with Crippen molar-refractivity contribution in [3.05, 3.63) is 0 Å². The molecule has 5 heteroatoms. The van der Waals surface area contributed by atoms with Gasteiger partial charge in [0.1, 0.15) is 0 Å². The third kappa shape index (κ3) is 4.80. The third-order valence-corrected chi connectivity index (χ3v) is 5.71. The summed E-state index contributed by atoms with van der Waals surface area (Å²) in [5.74, 6) is 2.77. The van der Waals surface area contributed by atoms with Crippen LogP contribution in [0.4, 0.5) is 0 Å². The summed E-state index contributed by atoms with van der Waals surface area (Å²) in [7, 11) is 0. The molecule has 0 aromatic rings. The van der Waals surface area contributed by atoms with Crippen molar-refractivity contribution in [1.82, 2.24) is 10.2 Å².